The monoisotopic (exact) mass is 345 g/mol. The standard InChI is InChI=1S/C21H31NO3/c1-13-5-6-16-15(12-22-24-4)17(8-10-20(13,16)2)21(3)9-7-14-11-18(21)19(23)25-14/h12,14-18H,1,5-11H2,2-4H3/b22-12+/t14-,15-,16-,17-,18+,20+,21+/m0/s1. The Balaban J connectivity index is 1.69. The molecule has 4 aliphatic rings. The molecule has 4 fully saturated rings. The van der Waals surface area contributed by atoms with Crippen LogP contribution in [0.3, 0.4) is 0 Å². The Labute approximate surface area is 151 Å². The fourth-order valence-corrected chi connectivity index (χ4v) is 6.67. The van der Waals surface area contributed by atoms with Gasteiger partial charge in [0.05, 0.1) is 5.92 Å². The fraction of sp³-hybridized carbons (Fsp3) is 0.810. The van der Waals surface area contributed by atoms with Crippen molar-refractivity contribution in [3.8, 4) is 0 Å². The van der Waals surface area contributed by atoms with E-state index >= 15 is 0 Å². The van der Waals surface area contributed by atoms with E-state index in [0.29, 0.717) is 17.8 Å². The third kappa shape index (κ3) is 2.39. The molecule has 0 aromatic heterocycles. The molecule has 0 unspecified atom stereocenters. The van der Waals surface area contributed by atoms with E-state index < -0.39 is 0 Å². The Morgan fingerprint density at radius 2 is 2.04 bits per heavy atom. The number of carbonyl (C=O) groups excluding carboxylic acids is 1. The average Bonchev–Trinajstić information content (AvgIpc) is 3.08. The molecular weight excluding hydrogens is 314 g/mol. The third-order valence-corrected chi connectivity index (χ3v) is 8.34. The van der Waals surface area contributed by atoms with Crippen molar-refractivity contribution >= 4 is 12.2 Å². The number of hydrogen-bond donors (Lipinski definition) is 0. The minimum absolute atomic E-state index is 0.0137. The topological polar surface area (TPSA) is 47.9 Å². The second-order valence-electron chi connectivity index (χ2n) is 9.22. The zero-order valence-electron chi connectivity index (χ0n) is 15.8. The van der Waals surface area contributed by atoms with E-state index in [1.54, 1.807) is 7.11 Å². The lowest BCUT2D eigenvalue weighted by molar-refractivity contribution is -0.146. The lowest BCUT2D eigenvalue weighted by Gasteiger charge is -2.53. The number of carbonyl (C=O) groups is 1. The van der Waals surface area contributed by atoms with Gasteiger partial charge in [-0.1, -0.05) is 31.2 Å². The molecular formula is C21H31NO3. The van der Waals surface area contributed by atoms with E-state index in [-0.39, 0.29) is 28.8 Å². The van der Waals surface area contributed by atoms with Crippen molar-refractivity contribution in [2.45, 2.75) is 64.9 Å². The molecule has 2 bridgehead atoms. The van der Waals surface area contributed by atoms with Gasteiger partial charge in [-0.25, -0.2) is 0 Å². The first kappa shape index (κ1) is 17.1. The summed E-state index contributed by atoms with van der Waals surface area (Å²) in [6, 6.07) is 0. The van der Waals surface area contributed by atoms with Crippen LogP contribution in [0.2, 0.25) is 0 Å². The summed E-state index contributed by atoms with van der Waals surface area (Å²) in [5.41, 5.74) is 1.63. The van der Waals surface area contributed by atoms with Crippen LogP contribution in [-0.2, 0) is 14.4 Å². The molecule has 0 N–H and O–H groups in total. The summed E-state index contributed by atoms with van der Waals surface area (Å²) in [5, 5.41) is 4.20. The molecule has 1 saturated heterocycles. The highest BCUT2D eigenvalue weighted by Crippen LogP contribution is 2.64. The predicted molar refractivity (Wildman–Crippen MR) is 97.0 cm³/mol. The molecule has 4 heteroatoms. The van der Waals surface area contributed by atoms with Crippen molar-refractivity contribution in [3.63, 3.8) is 0 Å². The van der Waals surface area contributed by atoms with Crippen molar-refractivity contribution in [2.24, 2.45) is 39.7 Å². The van der Waals surface area contributed by atoms with Gasteiger partial charge in [-0.05, 0) is 67.6 Å². The van der Waals surface area contributed by atoms with Crippen LogP contribution in [0.1, 0.15) is 58.8 Å². The molecule has 0 amide bonds. The molecule has 1 aliphatic heterocycles. The van der Waals surface area contributed by atoms with Crippen LogP contribution in [0.15, 0.2) is 17.3 Å². The molecule has 7 atom stereocenters. The summed E-state index contributed by atoms with van der Waals surface area (Å²) in [6.07, 6.45) is 9.83. The van der Waals surface area contributed by atoms with Crippen LogP contribution in [0.4, 0.5) is 0 Å². The molecule has 0 aromatic carbocycles. The Bertz CT molecular complexity index is 614. The van der Waals surface area contributed by atoms with Crippen LogP contribution >= 0.6 is 0 Å². The fourth-order valence-electron chi connectivity index (χ4n) is 6.67. The molecule has 1 heterocycles. The molecule has 4 rings (SSSR count). The highest BCUT2D eigenvalue weighted by molar-refractivity contribution is 5.76. The minimum atomic E-state index is 0.0137. The smallest absolute Gasteiger partial charge is 0.309 e. The first-order chi connectivity index (χ1) is 11.9. The van der Waals surface area contributed by atoms with Crippen LogP contribution in [0, 0.1) is 34.5 Å². The lowest BCUT2D eigenvalue weighted by Crippen LogP contribution is -2.50. The first-order valence-electron chi connectivity index (χ1n) is 9.85. The Hall–Kier alpha value is -1.32. The van der Waals surface area contributed by atoms with Gasteiger partial charge in [0, 0.05) is 12.1 Å². The Morgan fingerprint density at radius 3 is 2.80 bits per heavy atom. The largest absolute Gasteiger partial charge is 0.462 e. The Morgan fingerprint density at radius 1 is 1.24 bits per heavy atom. The first-order valence-corrected chi connectivity index (χ1v) is 9.85. The van der Waals surface area contributed by atoms with E-state index in [2.05, 4.69) is 25.6 Å². The SMILES string of the molecule is C=C1CC[C@H]2[C@H](/C=N/OC)[C@@H]([C@@]3(C)CC[C@H]4C[C@@H]3C(=O)O4)CC[C@]12C. The zero-order chi connectivity index (χ0) is 17.8. The number of esters is 1. The normalized spacial score (nSPS) is 49.3. The predicted octanol–water partition coefficient (Wildman–Crippen LogP) is 4.35. The maximum absolute atomic E-state index is 12.5. The molecule has 3 saturated carbocycles. The number of ether oxygens (including phenoxy) is 1. The summed E-state index contributed by atoms with van der Waals surface area (Å²) >= 11 is 0. The quantitative estimate of drug-likeness (QED) is 0.331. The third-order valence-electron chi connectivity index (χ3n) is 8.34. The van der Waals surface area contributed by atoms with E-state index in [1.807, 2.05) is 6.21 Å². The summed E-state index contributed by atoms with van der Waals surface area (Å²) < 4.78 is 5.60. The Kier molecular flexibility index (Phi) is 4.01. The van der Waals surface area contributed by atoms with E-state index in [9.17, 15) is 4.79 Å². The molecule has 25 heavy (non-hydrogen) atoms. The number of oxime groups is 1. The number of rotatable bonds is 3. The van der Waals surface area contributed by atoms with Crippen molar-refractivity contribution in [3.05, 3.63) is 12.2 Å². The van der Waals surface area contributed by atoms with E-state index in [4.69, 9.17) is 9.57 Å². The lowest BCUT2D eigenvalue weighted by atomic mass is 9.50. The average molecular weight is 345 g/mol. The van der Waals surface area contributed by atoms with Crippen LogP contribution in [-0.4, -0.2) is 25.4 Å². The zero-order valence-corrected chi connectivity index (χ0v) is 15.8. The number of nitrogens with zero attached hydrogens (tertiary/aromatic N) is 1. The second-order valence-corrected chi connectivity index (χ2v) is 9.22. The van der Waals surface area contributed by atoms with Gasteiger partial charge in [0.15, 0.2) is 0 Å². The molecule has 4 nitrogen and oxygen atoms in total. The second kappa shape index (κ2) is 5.85. The highest BCUT2D eigenvalue weighted by Gasteiger charge is 2.60. The van der Waals surface area contributed by atoms with Crippen molar-refractivity contribution in [1.29, 1.82) is 0 Å². The van der Waals surface area contributed by atoms with Crippen LogP contribution < -0.4 is 0 Å². The molecule has 0 aromatic rings. The summed E-state index contributed by atoms with van der Waals surface area (Å²) in [7, 11) is 1.61. The number of fused-ring (bicyclic) bond motifs is 3. The van der Waals surface area contributed by atoms with Gasteiger partial charge in [-0.2, -0.15) is 0 Å². The number of allylic oxidation sites excluding steroid dienone is 1. The van der Waals surface area contributed by atoms with Crippen molar-refractivity contribution < 1.29 is 14.4 Å². The van der Waals surface area contributed by atoms with E-state index in [1.165, 1.54) is 18.4 Å². The maximum Gasteiger partial charge on any atom is 0.309 e. The van der Waals surface area contributed by atoms with E-state index in [0.717, 1.165) is 32.1 Å². The molecule has 0 radical (unpaired) electrons. The summed E-state index contributed by atoms with van der Waals surface area (Å²) in [5.74, 6) is 1.48. The molecule has 3 aliphatic carbocycles. The maximum atomic E-state index is 12.5. The number of hydrogen-bond acceptors (Lipinski definition) is 4. The van der Waals surface area contributed by atoms with Gasteiger partial charge in [-0.15, -0.1) is 0 Å². The van der Waals surface area contributed by atoms with Gasteiger partial charge in [-0.3, -0.25) is 4.79 Å². The van der Waals surface area contributed by atoms with Crippen LogP contribution in [0.25, 0.3) is 0 Å². The summed E-state index contributed by atoms with van der Waals surface area (Å²) in [4.78, 5) is 17.5. The highest BCUT2D eigenvalue weighted by atomic mass is 16.6. The van der Waals surface area contributed by atoms with Gasteiger partial charge in [0.1, 0.15) is 13.2 Å². The molecule has 138 valence electrons. The summed E-state index contributed by atoms with van der Waals surface area (Å²) in [6.45, 7) is 9.11. The van der Waals surface area contributed by atoms with Crippen molar-refractivity contribution in [1.82, 2.24) is 0 Å². The van der Waals surface area contributed by atoms with Gasteiger partial charge >= 0.3 is 5.97 Å². The van der Waals surface area contributed by atoms with Crippen LogP contribution in [0.5, 0.6) is 0 Å². The van der Waals surface area contributed by atoms with Gasteiger partial charge in [0.2, 0.25) is 0 Å². The van der Waals surface area contributed by atoms with Gasteiger partial charge in [0.25, 0.3) is 0 Å². The minimum Gasteiger partial charge on any atom is -0.462 e. The molecule has 0 spiro atoms. The van der Waals surface area contributed by atoms with Crippen molar-refractivity contribution in [2.75, 3.05) is 7.11 Å². The van der Waals surface area contributed by atoms with Gasteiger partial charge < -0.3 is 9.57 Å².